The van der Waals surface area contributed by atoms with Gasteiger partial charge in [-0.25, -0.2) is 0 Å². The second-order valence-corrected chi connectivity index (χ2v) is 6.50. The zero-order valence-corrected chi connectivity index (χ0v) is 13.3. The van der Waals surface area contributed by atoms with Crippen LogP contribution >= 0.6 is 11.6 Å². The number of aromatic nitrogens is 1. The molecule has 1 saturated heterocycles. The van der Waals surface area contributed by atoms with Gasteiger partial charge in [-0.1, -0.05) is 18.0 Å². The van der Waals surface area contributed by atoms with Gasteiger partial charge >= 0.3 is 0 Å². The van der Waals surface area contributed by atoms with E-state index in [2.05, 4.69) is 16.8 Å². The summed E-state index contributed by atoms with van der Waals surface area (Å²) >= 11 is 6.03. The van der Waals surface area contributed by atoms with Crippen LogP contribution in [0.3, 0.4) is 0 Å². The van der Waals surface area contributed by atoms with Gasteiger partial charge in [-0.15, -0.1) is 0 Å². The van der Waals surface area contributed by atoms with Crippen LogP contribution in [0, 0.1) is 6.92 Å². The summed E-state index contributed by atoms with van der Waals surface area (Å²) in [6.45, 7) is 6.04. The minimum atomic E-state index is 0.113. The second-order valence-electron chi connectivity index (χ2n) is 6.06. The molecule has 4 heteroatoms. The van der Waals surface area contributed by atoms with Gasteiger partial charge in [0.1, 0.15) is 0 Å². The molecular weight excluding hydrogens is 284 g/mol. The van der Waals surface area contributed by atoms with Gasteiger partial charge in [0.25, 0.3) is 0 Å². The average molecular weight is 305 g/mol. The molecule has 0 spiro atoms. The Morgan fingerprint density at radius 2 is 2.19 bits per heavy atom. The number of nitrogens with zero attached hydrogens (tertiary/aromatic N) is 1. The number of aromatic amines is 1. The standard InChI is InChI=1S/C17H21ClN2O/c1-11-5-3-4-8-20(11)10-15-12(2)19-16-7-6-13(18)9-14(16)17(15)21/h6-7,9,11H,3-5,8,10H2,1-2H3,(H,19,21)/t11-/m1/s1. The molecule has 2 heterocycles. The fraction of sp³-hybridized carbons (Fsp3) is 0.471. The largest absolute Gasteiger partial charge is 0.358 e. The molecule has 3 rings (SSSR count). The van der Waals surface area contributed by atoms with Crippen LogP contribution in [0.5, 0.6) is 0 Å². The number of fused-ring (bicyclic) bond motifs is 1. The molecule has 2 aromatic rings. The number of rotatable bonds is 2. The van der Waals surface area contributed by atoms with Crippen LogP contribution < -0.4 is 5.43 Å². The van der Waals surface area contributed by atoms with Crippen LogP contribution in [0.2, 0.25) is 5.02 Å². The van der Waals surface area contributed by atoms with E-state index in [1.54, 1.807) is 6.07 Å². The molecule has 0 radical (unpaired) electrons. The number of H-pyrrole nitrogens is 1. The third kappa shape index (κ3) is 2.85. The van der Waals surface area contributed by atoms with Crippen LogP contribution in [0.15, 0.2) is 23.0 Å². The first-order chi connectivity index (χ1) is 10.1. The zero-order valence-electron chi connectivity index (χ0n) is 12.6. The lowest BCUT2D eigenvalue weighted by Crippen LogP contribution is -2.38. The predicted molar refractivity (Wildman–Crippen MR) is 88.0 cm³/mol. The molecular formula is C17H21ClN2O. The molecule has 21 heavy (non-hydrogen) atoms. The Morgan fingerprint density at radius 3 is 2.95 bits per heavy atom. The van der Waals surface area contributed by atoms with Crippen molar-refractivity contribution in [2.45, 2.75) is 45.7 Å². The maximum absolute atomic E-state index is 12.8. The third-order valence-corrected chi connectivity index (χ3v) is 4.81. The lowest BCUT2D eigenvalue weighted by Gasteiger charge is -2.33. The lowest BCUT2D eigenvalue weighted by atomic mass is 10.0. The first-order valence-electron chi connectivity index (χ1n) is 7.61. The normalized spacial score (nSPS) is 20.0. The monoisotopic (exact) mass is 304 g/mol. The van der Waals surface area contributed by atoms with Gasteiger partial charge in [0, 0.05) is 39.8 Å². The Hall–Kier alpha value is -1.32. The number of likely N-dealkylation sites (tertiary alicyclic amines) is 1. The second kappa shape index (κ2) is 5.82. The minimum absolute atomic E-state index is 0.113. The molecule has 0 aliphatic carbocycles. The summed E-state index contributed by atoms with van der Waals surface area (Å²) in [5.41, 5.74) is 2.81. The molecule has 1 aromatic carbocycles. The van der Waals surface area contributed by atoms with Gasteiger partial charge in [0.15, 0.2) is 5.43 Å². The van der Waals surface area contributed by atoms with Gasteiger partial charge in [-0.3, -0.25) is 9.69 Å². The number of benzene rings is 1. The van der Waals surface area contributed by atoms with Crippen molar-refractivity contribution in [3.05, 3.63) is 44.7 Å². The van der Waals surface area contributed by atoms with Crippen molar-refractivity contribution in [3.63, 3.8) is 0 Å². The van der Waals surface area contributed by atoms with Crippen LogP contribution in [-0.4, -0.2) is 22.5 Å². The van der Waals surface area contributed by atoms with E-state index in [-0.39, 0.29) is 5.43 Å². The van der Waals surface area contributed by atoms with Crippen LogP contribution in [0.1, 0.15) is 37.4 Å². The van der Waals surface area contributed by atoms with Crippen molar-refractivity contribution < 1.29 is 0 Å². The molecule has 1 fully saturated rings. The fourth-order valence-electron chi connectivity index (χ4n) is 3.21. The van der Waals surface area contributed by atoms with Crippen LogP contribution in [0.25, 0.3) is 10.9 Å². The summed E-state index contributed by atoms with van der Waals surface area (Å²) in [4.78, 5) is 18.5. The summed E-state index contributed by atoms with van der Waals surface area (Å²) in [6, 6.07) is 6.00. The van der Waals surface area contributed by atoms with Crippen molar-refractivity contribution in [1.82, 2.24) is 9.88 Å². The van der Waals surface area contributed by atoms with Crippen molar-refractivity contribution in [2.75, 3.05) is 6.54 Å². The van der Waals surface area contributed by atoms with Crippen molar-refractivity contribution in [3.8, 4) is 0 Å². The number of halogens is 1. The first-order valence-corrected chi connectivity index (χ1v) is 7.99. The summed E-state index contributed by atoms with van der Waals surface area (Å²) in [5, 5.41) is 1.29. The smallest absolute Gasteiger partial charge is 0.194 e. The summed E-state index contributed by atoms with van der Waals surface area (Å²) < 4.78 is 0. The molecule has 0 bridgehead atoms. The summed E-state index contributed by atoms with van der Waals surface area (Å²) in [7, 11) is 0. The van der Waals surface area contributed by atoms with Gasteiger partial charge < -0.3 is 4.98 Å². The highest BCUT2D eigenvalue weighted by Gasteiger charge is 2.20. The van der Waals surface area contributed by atoms with E-state index in [0.717, 1.165) is 29.9 Å². The van der Waals surface area contributed by atoms with Gasteiger partial charge in [-0.05, 0) is 51.4 Å². The first kappa shape index (κ1) is 14.6. The predicted octanol–water partition coefficient (Wildman–Crippen LogP) is 3.86. The molecule has 1 aliphatic heterocycles. The molecule has 1 aliphatic rings. The Kier molecular flexibility index (Phi) is 4.05. The average Bonchev–Trinajstić information content (AvgIpc) is 2.46. The molecule has 1 atom stereocenters. The zero-order chi connectivity index (χ0) is 15.0. The maximum Gasteiger partial charge on any atom is 0.194 e. The van der Waals surface area contributed by atoms with Crippen LogP contribution in [0.4, 0.5) is 0 Å². The molecule has 0 unspecified atom stereocenters. The van der Waals surface area contributed by atoms with Crippen LogP contribution in [-0.2, 0) is 6.54 Å². The van der Waals surface area contributed by atoms with Gasteiger partial charge in [0.05, 0.1) is 0 Å². The van der Waals surface area contributed by atoms with Gasteiger partial charge in [0.2, 0.25) is 0 Å². The topological polar surface area (TPSA) is 36.1 Å². The number of pyridine rings is 1. The van der Waals surface area contributed by atoms with E-state index in [1.165, 1.54) is 19.3 Å². The summed E-state index contributed by atoms with van der Waals surface area (Å²) in [6.07, 6.45) is 3.73. The number of piperidine rings is 1. The molecule has 0 saturated carbocycles. The minimum Gasteiger partial charge on any atom is -0.358 e. The van der Waals surface area contributed by atoms with E-state index in [4.69, 9.17) is 11.6 Å². The SMILES string of the molecule is Cc1[nH]c2ccc(Cl)cc2c(=O)c1CN1CCCC[C@H]1C. The summed E-state index contributed by atoms with van der Waals surface area (Å²) in [5.74, 6) is 0. The fourth-order valence-corrected chi connectivity index (χ4v) is 3.38. The van der Waals surface area contributed by atoms with E-state index < -0.39 is 0 Å². The highest BCUT2D eigenvalue weighted by Crippen LogP contribution is 2.21. The lowest BCUT2D eigenvalue weighted by molar-refractivity contribution is 0.152. The highest BCUT2D eigenvalue weighted by atomic mass is 35.5. The maximum atomic E-state index is 12.8. The molecule has 112 valence electrons. The number of hydrogen-bond acceptors (Lipinski definition) is 2. The van der Waals surface area contributed by atoms with E-state index >= 15 is 0 Å². The van der Waals surface area contributed by atoms with Crippen molar-refractivity contribution in [1.29, 1.82) is 0 Å². The van der Waals surface area contributed by atoms with Gasteiger partial charge in [-0.2, -0.15) is 0 Å². The number of aryl methyl sites for hydroxylation is 1. The molecule has 1 N–H and O–H groups in total. The molecule has 1 aromatic heterocycles. The quantitative estimate of drug-likeness (QED) is 0.914. The highest BCUT2D eigenvalue weighted by molar-refractivity contribution is 6.31. The number of nitrogens with one attached hydrogen (secondary N) is 1. The van der Waals surface area contributed by atoms with Crippen molar-refractivity contribution in [2.24, 2.45) is 0 Å². The number of hydrogen-bond donors (Lipinski definition) is 1. The van der Waals surface area contributed by atoms with E-state index in [1.807, 2.05) is 19.1 Å². The Morgan fingerprint density at radius 1 is 1.38 bits per heavy atom. The van der Waals surface area contributed by atoms with E-state index in [0.29, 0.717) is 16.5 Å². The Balaban J connectivity index is 2.03. The molecule has 3 nitrogen and oxygen atoms in total. The Labute approximate surface area is 129 Å². The van der Waals surface area contributed by atoms with Crippen molar-refractivity contribution >= 4 is 22.5 Å². The Bertz CT molecular complexity index is 723. The third-order valence-electron chi connectivity index (χ3n) is 4.58. The van der Waals surface area contributed by atoms with E-state index in [9.17, 15) is 4.79 Å². The molecule has 0 amide bonds.